The van der Waals surface area contributed by atoms with Gasteiger partial charge in [-0.05, 0) is 25.1 Å². The van der Waals surface area contributed by atoms with E-state index in [2.05, 4.69) is 30.4 Å². The smallest absolute Gasteiger partial charge is 0.275 e. The van der Waals surface area contributed by atoms with E-state index in [1.807, 2.05) is 12.1 Å². The number of rotatable bonds is 2. The first-order chi connectivity index (χ1) is 9.24. The Bertz CT molecular complexity index is 761. The maximum Gasteiger partial charge on any atom is 0.275 e. The lowest BCUT2D eigenvalue weighted by Gasteiger charge is -2.01. The van der Waals surface area contributed by atoms with Crippen LogP contribution in [0.1, 0.15) is 5.82 Å². The van der Waals surface area contributed by atoms with Gasteiger partial charge >= 0.3 is 0 Å². The van der Waals surface area contributed by atoms with Crippen LogP contribution in [0.2, 0.25) is 0 Å². The highest BCUT2D eigenvalue weighted by Crippen LogP contribution is 2.18. The maximum atomic E-state index is 11.8. The van der Waals surface area contributed by atoms with Crippen molar-refractivity contribution in [1.29, 1.82) is 0 Å². The summed E-state index contributed by atoms with van der Waals surface area (Å²) in [7, 11) is 0. The summed E-state index contributed by atoms with van der Waals surface area (Å²) in [5, 5.41) is 14.2. The first-order valence-corrected chi connectivity index (χ1v) is 5.64. The lowest BCUT2D eigenvalue weighted by atomic mass is 10.1. The summed E-state index contributed by atoms with van der Waals surface area (Å²) in [5.41, 5.74) is 1.60. The van der Waals surface area contributed by atoms with Crippen LogP contribution in [-0.2, 0) is 0 Å². The van der Waals surface area contributed by atoms with Gasteiger partial charge in [0.05, 0.1) is 11.3 Å². The molecule has 0 radical (unpaired) electrons. The van der Waals surface area contributed by atoms with Gasteiger partial charge in [0, 0.05) is 18.0 Å². The molecular formula is C12H10N6O. The molecule has 0 saturated carbocycles. The number of pyridine rings is 1. The predicted octanol–water partition coefficient (Wildman–Crippen LogP) is 0.925. The Balaban J connectivity index is 2.14. The van der Waals surface area contributed by atoms with Crippen molar-refractivity contribution in [1.82, 2.24) is 30.4 Å². The quantitative estimate of drug-likeness (QED) is 0.708. The lowest BCUT2D eigenvalue weighted by molar-refractivity contribution is 0.988. The third-order valence-electron chi connectivity index (χ3n) is 2.63. The topological polar surface area (TPSA) is 100 Å². The van der Waals surface area contributed by atoms with Gasteiger partial charge in [0.25, 0.3) is 5.56 Å². The number of nitrogens with zero attached hydrogens (tertiary/aromatic N) is 4. The minimum Gasteiger partial charge on any atom is -0.325 e. The minimum atomic E-state index is -0.311. The van der Waals surface area contributed by atoms with Crippen molar-refractivity contribution in [3.8, 4) is 22.6 Å². The van der Waals surface area contributed by atoms with E-state index in [0.29, 0.717) is 22.9 Å². The number of hydrogen-bond donors (Lipinski definition) is 2. The molecular weight excluding hydrogens is 244 g/mol. The third-order valence-corrected chi connectivity index (χ3v) is 2.63. The zero-order valence-electron chi connectivity index (χ0n) is 10.1. The highest BCUT2D eigenvalue weighted by molar-refractivity contribution is 5.64. The average Bonchev–Trinajstić information content (AvgIpc) is 2.87. The van der Waals surface area contributed by atoms with Crippen LogP contribution in [0.5, 0.6) is 0 Å². The summed E-state index contributed by atoms with van der Waals surface area (Å²) in [6.07, 6.45) is 3.33. The SMILES string of the molecule is Cc1nnc(-c2cc(-c3ccncc3)n[nH]c2=O)[nH]1. The lowest BCUT2D eigenvalue weighted by Crippen LogP contribution is -2.12. The Labute approximate surface area is 107 Å². The second kappa shape index (κ2) is 4.45. The Kier molecular flexibility index (Phi) is 2.64. The van der Waals surface area contributed by atoms with Crippen molar-refractivity contribution in [2.24, 2.45) is 0 Å². The van der Waals surface area contributed by atoms with Gasteiger partial charge in [-0.3, -0.25) is 9.78 Å². The van der Waals surface area contributed by atoms with Crippen LogP contribution in [0, 0.1) is 6.92 Å². The molecule has 0 atom stereocenters. The Morgan fingerprint density at radius 1 is 1.16 bits per heavy atom. The van der Waals surface area contributed by atoms with E-state index >= 15 is 0 Å². The van der Waals surface area contributed by atoms with Crippen molar-refractivity contribution in [3.05, 3.63) is 46.8 Å². The molecule has 19 heavy (non-hydrogen) atoms. The summed E-state index contributed by atoms with van der Waals surface area (Å²) < 4.78 is 0. The summed E-state index contributed by atoms with van der Waals surface area (Å²) in [6.45, 7) is 1.77. The summed E-state index contributed by atoms with van der Waals surface area (Å²) in [4.78, 5) is 18.7. The van der Waals surface area contributed by atoms with Gasteiger partial charge in [0.15, 0.2) is 5.82 Å². The summed E-state index contributed by atoms with van der Waals surface area (Å²) >= 11 is 0. The van der Waals surface area contributed by atoms with Gasteiger partial charge in [0.1, 0.15) is 5.82 Å². The van der Waals surface area contributed by atoms with E-state index in [-0.39, 0.29) is 5.56 Å². The van der Waals surface area contributed by atoms with Crippen LogP contribution >= 0.6 is 0 Å². The Morgan fingerprint density at radius 3 is 2.63 bits per heavy atom. The fourth-order valence-corrected chi connectivity index (χ4v) is 1.72. The molecule has 0 amide bonds. The van der Waals surface area contributed by atoms with Crippen LogP contribution in [0.15, 0.2) is 35.4 Å². The van der Waals surface area contributed by atoms with E-state index in [1.165, 1.54) is 0 Å². The van der Waals surface area contributed by atoms with Crippen molar-refractivity contribution < 1.29 is 0 Å². The number of hydrogen-bond acceptors (Lipinski definition) is 5. The van der Waals surface area contributed by atoms with Crippen molar-refractivity contribution >= 4 is 0 Å². The zero-order valence-corrected chi connectivity index (χ0v) is 10.1. The first-order valence-electron chi connectivity index (χ1n) is 5.64. The molecule has 0 fully saturated rings. The van der Waals surface area contributed by atoms with Crippen molar-refractivity contribution in [2.75, 3.05) is 0 Å². The number of aryl methyl sites for hydroxylation is 1. The van der Waals surface area contributed by atoms with Gasteiger partial charge < -0.3 is 4.98 Å². The molecule has 0 unspecified atom stereocenters. The van der Waals surface area contributed by atoms with E-state index in [0.717, 1.165) is 5.56 Å². The van der Waals surface area contributed by atoms with Crippen LogP contribution in [0.25, 0.3) is 22.6 Å². The molecule has 3 aromatic heterocycles. The van der Waals surface area contributed by atoms with Gasteiger partial charge in [-0.25, -0.2) is 5.10 Å². The minimum absolute atomic E-state index is 0.311. The number of nitrogens with one attached hydrogen (secondary N) is 2. The summed E-state index contributed by atoms with van der Waals surface area (Å²) in [6, 6.07) is 5.31. The maximum absolute atomic E-state index is 11.8. The molecule has 0 aliphatic rings. The van der Waals surface area contributed by atoms with Crippen LogP contribution in [0.4, 0.5) is 0 Å². The molecule has 3 heterocycles. The molecule has 7 nitrogen and oxygen atoms in total. The number of H-pyrrole nitrogens is 2. The fourth-order valence-electron chi connectivity index (χ4n) is 1.72. The molecule has 3 rings (SSSR count). The van der Waals surface area contributed by atoms with E-state index in [9.17, 15) is 4.79 Å². The van der Waals surface area contributed by atoms with Crippen molar-refractivity contribution in [2.45, 2.75) is 6.92 Å². The van der Waals surface area contributed by atoms with Crippen LogP contribution in [0.3, 0.4) is 0 Å². The van der Waals surface area contributed by atoms with Crippen molar-refractivity contribution in [3.63, 3.8) is 0 Å². The number of aromatic amines is 2. The fraction of sp³-hybridized carbons (Fsp3) is 0.0833. The standard InChI is InChI=1S/C12H10N6O/c1-7-14-11(17-15-7)9-6-10(16-18-12(9)19)8-2-4-13-5-3-8/h2-6H,1H3,(H,18,19)(H,14,15,17). The molecule has 2 N–H and O–H groups in total. The summed E-state index contributed by atoms with van der Waals surface area (Å²) in [5.74, 6) is 1.08. The van der Waals surface area contributed by atoms with Gasteiger partial charge in [-0.2, -0.15) is 5.10 Å². The third kappa shape index (κ3) is 2.13. The molecule has 94 valence electrons. The average molecular weight is 254 g/mol. The molecule has 0 aromatic carbocycles. The zero-order chi connectivity index (χ0) is 13.2. The highest BCUT2D eigenvalue weighted by atomic mass is 16.1. The normalized spacial score (nSPS) is 10.6. The van der Waals surface area contributed by atoms with E-state index < -0.39 is 0 Å². The highest BCUT2D eigenvalue weighted by Gasteiger charge is 2.10. The molecule has 0 aliphatic carbocycles. The molecule has 0 spiro atoms. The molecule has 0 saturated heterocycles. The second-order valence-electron chi connectivity index (χ2n) is 3.99. The molecule has 7 heteroatoms. The molecule has 0 aliphatic heterocycles. The van der Waals surface area contributed by atoms with Gasteiger partial charge in [-0.15, -0.1) is 10.2 Å². The second-order valence-corrected chi connectivity index (χ2v) is 3.99. The largest absolute Gasteiger partial charge is 0.325 e. The van der Waals surface area contributed by atoms with Gasteiger partial charge in [0.2, 0.25) is 0 Å². The monoisotopic (exact) mass is 254 g/mol. The Morgan fingerprint density at radius 2 is 1.95 bits per heavy atom. The molecule has 3 aromatic rings. The number of aromatic nitrogens is 6. The molecule has 0 bridgehead atoms. The predicted molar refractivity (Wildman–Crippen MR) is 68.2 cm³/mol. The van der Waals surface area contributed by atoms with Gasteiger partial charge in [-0.1, -0.05) is 0 Å². The first kappa shape index (κ1) is 11.3. The van der Waals surface area contributed by atoms with Crippen LogP contribution in [-0.4, -0.2) is 30.4 Å². The van der Waals surface area contributed by atoms with E-state index in [4.69, 9.17) is 0 Å². The Hall–Kier alpha value is -2.83. The van der Waals surface area contributed by atoms with Crippen LogP contribution < -0.4 is 5.56 Å². The van der Waals surface area contributed by atoms with E-state index in [1.54, 1.807) is 25.4 Å².